The van der Waals surface area contributed by atoms with E-state index in [1.807, 2.05) is 12.1 Å². The van der Waals surface area contributed by atoms with Gasteiger partial charge >= 0.3 is 0 Å². The Balaban J connectivity index is 2.41. The summed E-state index contributed by atoms with van der Waals surface area (Å²) in [5.74, 6) is 0.589. The maximum absolute atomic E-state index is 4.97. The van der Waals surface area contributed by atoms with Crippen molar-refractivity contribution in [2.75, 3.05) is 7.11 Å². The molecule has 0 aliphatic rings. The number of aromatic amines is 1. The molecule has 0 aromatic carbocycles. The molecular formula is C10H9N3OS. The SMILES string of the molecule is COc1ccc(-c2ccnc(=S)[nH]2)cn1. The molecule has 0 aliphatic heterocycles. The lowest BCUT2D eigenvalue weighted by Gasteiger charge is -2.02. The highest BCUT2D eigenvalue weighted by Crippen LogP contribution is 2.16. The normalized spacial score (nSPS) is 9.93. The molecule has 76 valence electrons. The minimum Gasteiger partial charge on any atom is -0.481 e. The molecule has 0 radical (unpaired) electrons. The number of pyridine rings is 1. The second kappa shape index (κ2) is 4.18. The third-order valence-electron chi connectivity index (χ3n) is 1.93. The van der Waals surface area contributed by atoms with Crippen LogP contribution in [0.2, 0.25) is 0 Å². The molecule has 4 nitrogen and oxygen atoms in total. The zero-order valence-electron chi connectivity index (χ0n) is 8.10. The monoisotopic (exact) mass is 219 g/mol. The Hall–Kier alpha value is -1.75. The lowest BCUT2D eigenvalue weighted by molar-refractivity contribution is 0.398. The number of ether oxygens (including phenoxy) is 1. The van der Waals surface area contributed by atoms with Crippen molar-refractivity contribution in [3.63, 3.8) is 0 Å². The van der Waals surface area contributed by atoms with E-state index < -0.39 is 0 Å². The maximum Gasteiger partial charge on any atom is 0.212 e. The van der Waals surface area contributed by atoms with Crippen molar-refractivity contribution >= 4 is 12.2 Å². The second-order valence-corrected chi connectivity index (χ2v) is 3.26. The standard InChI is InChI=1S/C10H9N3OS/c1-14-9-3-2-7(6-12-9)8-4-5-11-10(15)13-8/h2-6H,1H3,(H,11,13,15). The molecule has 15 heavy (non-hydrogen) atoms. The van der Waals surface area contributed by atoms with Gasteiger partial charge in [-0.25, -0.2) is 9.97 Å². The average molecular weight is 219 g/mol. The van der Waals surface area contributed by atoms with Gasteiger partial charge in [-0.3, -0.25) is 0 Å². The lowest BCUT2D eigenvalue weighted by atomic mass is 10.2. The lowest BCUT2D eigenvalue weighted by Crippen LogP contribution is -1.89. The largest absolute Gasteiger partial charge is 0.481 e. The van der Waals surface area contributed by atoms with Gasteiger partial charge in [-0.1, -0.05) is 0 Å². The van der Waals surface area contributed by atoms with Crippen molar-refractivity contribution < 1.29 is 4.74 Å². The predicted molar refractivity (Wildman–Crippen MR) is 59.2 cm³/mol. The van der Waals surface area contributed by atoms with E-state index in [0.29, 0.717) is 10.7 Å². The van der Waals surface area contributed by atoms with Crippen molar-refractivity contribution in [1.82, 2.24) is 15.0 Å². The summed E-state index contributed by atoms with van der Waals surface area (Å²) in [6.45, 7) is 0. The van der Waals surface area contributed by atoms with Crippen LogP contribution in [-0.2, 0) is 0 Å². The summed E-state index contributed by atoms with van der Waals surface area (Å²) in [6, 6.07) is 5.55. The van der Waals surface area contributed by atoms with E-state index in [4.69, 9.17) is 17.0 Å². The number of nitrogens with one attached hydrogen (secondary N) is 1. The summed E-state index contributed by atoms with van der Waals surface area (Å²) in [4.78, 5) is 11.0. The summed E-state index contributed by atoms with van der Waals surface area (Å²) in [6.07, 6.45) is 3.39. The van der Waals surface area contributed by atoms with Crippen molar-refractivity contribution in [2.24, 2.45) is 0 Å². The van der Waals surface area contributed by atoms with E-state index in [0.717, 1.165) is 11.3 Å². The molecule has 0 atom stereocenters. The van der Waals surface area contributed by atoms with Crippen LogP contribution in [0.5, 0.6) is 5.88 Å². The van der Waals surface area contributed by atoms with Gasteiger partial charge in [0.1, 0.15) is 0 Å². The van der Waals surface area contributed by atoms with E-state index in [-0.39, 0.29) is 0 Å². The first kappa shape index (κ1) is 9.79. The maximum atomic E-state index is 4.97. The van der Waals surface area contributed by atoms with Crippen LogP contribution in [0, 0.1) is 4.77 Å². The molecule has 0 spiro atoms. The van der Waals surface area contributed by atoms with Crippen LogP contribution >= 0.6 is 12.2 Å². The number of rotatable bonds is 2. The van der Waals surface area contributed by atoms with Gasteiger partial charge in [0.2, 0.25) is 5.88 Å². The van der Waals surface area contributed by atoms with Crippen LogP contribution in [0.1, 0.15) is 0 Å². The van der Waals surface area contributed by atoms with E-state index in [2.05, 4.69) is 15.0 Å². The van der Waals surface area contributed by atoms with Gasteiger partial charge in [-0.15, -0.1) is 0 Å². The van der Waals surface area contributed by atoms with Gasteiger partial charge in [-0.2, -0.15) is 0 Å². The Kier molecular flexibility index (Phi) is 2.73. The highest BCUT2D eigenvalue weighted by atomic mass is 32.1. The average Bonchev–Trinajstić information content (AvgIpc) is 2.29. The number of methoxy groups -OCH3 is 1. The van der Waals surface area contributed by atoms with Crippen LogP contribution in [0.15, 0.2) is 30.6 Å². The van der Waals surface area contributed by atoms with Gasteiger partial charge in [-0.05, 0) is 24.4 Å². The molecule has 0 aliphatic carbocycles. The first-order valence-corrected chi connectivity index (χ1v) is 4.76. The van der Waals surface area contributed by atoms with Crippen molar-refractivity contribution in [3.8, 4) is 17.1 Å². The minimum atomic E-state index is 0.461. The van der Waals surface area contributed by atoms with Crippen LogP contribution in [0.3, 0.4) is 0 Å². The van der Waals surface area contributed by atoms with Crippen molar-refractivity contribution in [3.05, 3.63) is 35.4 Å². The summed E-state index contributed by atoms with van der Waals surface area (Å²) in [7, 11) is 1.59. The zero-order chi connectivity index (χ0) is 10.7. The molecule has 2 rings (SSSR count). The Morgan fingerprint density at radius 2 is 2.13 bits per heavy atom. The highest BCUT2D eigenvalue weighted by molar-refractivity contribution is 7.71. The van der Waals surface area contributed by atoms with E-state index in [1.165, 1.54) is 0 Å². The van der Waals surface area contributed by atoms with Gasteiger partial charge in [0.25, 0.3) is 0 Å². The molecular weight excluding hydrogens is 210 g/mol. The third kappa shape index (κ3) is 2.19. The fraction of sp³-hybridized carbons (Fsp3) is 0.100. The van der Waals surface area contributed by atoms with Crippen LogP contribution in [0.25, 0.3) is 11.3 Å². The molecule has 0 bridgehead atoms. The number of aromatic nitrogens is 3. The Bertz CT molecular complexity index is 507. The number of H-pyrrole nitrogens is 1. The van der Waals surface area contributed by atoms with Crippen molar-refractivity contribution in [2.45, 2.75) is 0 Å². The van der Waals surface area contributed by atoms with Crippen LogP contribution < -0.4 is 4.74 Å². The van der Waals surface area contributed by atoms with Crippen LogP contribution in [-0.4, -0.2) is 22.1 Å². The molecule has 0 fully saturated rings. The summed E-state index contributed by atoms with van der Waals surface area (Å²) >= 11 is 4.94. The Labute approximate surface area is 92.0 Å². The fourth-order valence-corrected chi connectivity index (χ4v) is 1.37. The molecule has 0 saturated carbocycles. The quantitative estimate of drug-likeness (QED) is 0.787. The molecule has 2 heterocycles. The molecule has 2 aromatic rings. The molecule has 0 saturated heterocycles. The Morgan fingerprint density at radius 3 is 2.73 bits per heavy atom. The molecule has 5 heteroatoms. The number of hydrogen-bond acceptors (Lipinski definition) is 4. The van der Waals surface area contributed by atoms with E-state index in [9.17, 15) is 0 Å². The van der Waals surface area contributed by atoms with E-state index >= 15 is 0 Å². The summed E-state index contributed by atoms with van der Waals surface area (Å²) < 4.78 is 5.44. The summed E-state index contributed by atoms with van der Waals surface area (Å²) in [5, 5.41) is 0. The van der Waals surface area contributed by atoms with Gasteiger partial charge in [0.15, 0.2) is 4.77 Å². The first-order chi connectivity index (χ1) is 7.29. The smallest absolute Gasteiger partial charge is 0.212 e. The second-order valence-electron chi connectivity index (χ2n) is 2.88. The predicted octanol–water partition coefficient (Wildman–Crippen LogP) is 2.21. The molecule has 0 amide bonds. The van der Waals surface area contributed by atoms with Crippen LogP contribution in [0.4, 0.5) is 0 Å². The van der Waals surface area contributed by atoms with Gasteiger partial charge in [0.05, 0.1) is 12.8 Å². The highest BCUT2D eigenvalue weighted by Gasteiger charge is 1.98. The Morgan fingerprint density at radius 1 is 1.27 bits per heavy atom. The number of hydrogen-bond donors (Lipinski definition) is 1. The van der Waals surface area contributed by atoms with Gasteiger partial charge < -0.3 is 9.72 Å². The topological polar surface area (TPSA) is 50.8 Å². The number of nitrogens with zero attached hydrogens (tertiary/aromatic N) is 2. The zero-order valence-corrected chi connectivity index (χ0v) is 8.91. The summed E-state index contributed by atoms with van der Waals surface area (Å²) in [5.41, 5.74) is 1.84. The molecule has 0 unspecified atom stereocenters. The van der Waals surface area contributed by atoms with E-state index in [1.54, 1.807) is 25.6 Å². The third-order valence-corrected chi connectivity index (χ3v) is 2.14. The minimum absolute atomic E-state index is 0.461. The van der Waals surface area contributed by atoms with Crippen molar-refractivity contribution in [1.29, 1.82) is 0 Å². The molecule has 2 aromatic heterocycles. The molecule has 1 N–H and O–H groups in total. The van der Waals surface area contributed by atoms with Gasteiger partial charge in [0, 0.05) is 24.0 Å². The fourth-order valence-electron chi connectivity index (χ4n) is 1.20. The first-order valence-electron chi connectivity index (χ1n) is 4.35.